The van der Waals surface area contributed by atoms with Gasteiger partial charge in [-0.25, -0.2) is 4.90 Å². The van der Waals surface area contributed by atoms with Crippen LogP contribution in [-0.4, -0.2) is 35.0 Å². The van der Waals surface area contributed by atoms with Crippen molar-refractivity contribution in [3.05, 3.63) is 100 Å². The number of carboxylic acid groups (broad SMARTS) is 1. The fourth-order valence-corrected chi connectivity index (χ4v) is 5.61. The van der Waals surface area contributed by atoms with Crippen molar-refractivity contribution in [2.75, 3.05) is 11.5 Å². The van der Waals surface area contributed by atoms with Crippen LogP contribution in [0, 0.1) is 18.8 Å². The van der Waals surface area contributed by atoms with Gasteiger partial charge in [-0.1, -0.05) is 60.1 Å². The van der Waals surface area contributed by atoms with E-state index in [1.54, 1.807) is 37.3 Å². The van der Waals surface area contributed by atoms with E-state index in [-0.39, 0.29) is 17.9 Å². The molecule has 2 amide bonds. The predicted octanol–water partition coefficient (Wildman–Crippen LogP) is 5.16. The van der Waals surface area contributed by atoms with Crippen LogP contribution >= 0.6 is 11.6 Å². The minimum Gasteiger partial charge on any atom is -0.480 e. The van der Waals surface area contributed by atoms with Gasteiger partial charge in [0.25, 0.3) is 0 Å². The monoisotopic (exact) mass is 572 g/mol. The van der Waals surface area contributed by atoms with E-state index >= 15 is 0 Å². The van der Waals surface area contributed by atoms with Crippen LogP contribution in [0.5, 0.6) is 0 Å². The number of alkyl halides is 3. The van der Waals surface area contributed by atoms with E-state index < -0.39 is 59.5 Å². The molecular formula is C29H24ClF3N2O5. The van der Waals surface area contributed by atoms with Gasteiger partial charge in [0.05, 0.1) is 36.3 Å². The first-order chi connectivity index (χ1) is 18.9. The molecule has 3 aromatic carbocycles. The molecule has 2 heterocycles. The van der Waals surface area contributed by atoms with Crippen molar-refractivity contribution >= 4 is 35.1 Å². The Balaban J connectivity index is 1.56. The Morgan fingerprint density at radius 1 is 1.05 bits per heavy atom. The summed E-state index contributed by atoms with van der Waals surface area (Å²) in [5.41, 5.74) is -1.05. The van der Waals surface area contributed by atoms with E-state index in [4.69, 9.17) is 16.3 Å². The van der Waals surface area contributed by atoms with E-state index in [1.165, 1.54) is 24.3 Å². The fraction of sp³-hybridized carbons (Fsp3) is 0.276. The third kappa shape index (κ3) is 4.76. The maximum atomic E-state index is 13.9. The SMILES string of the molecule is Cc1ccc(N2C(=O)C3C(c4ccc(C(F)(F)F)cc4)NC(COCc4ccccc4)(C(=O)O)C3C2=O)cc1Cl. The number of hydrogen-bond donors (Lipinski definition) is 2. The number of carbonyl (C=O) groups excluding carboxylic acids is 2. The Hall–Kier alpha value is -3.73. The largest absolute Gasteiger partial charge is 0.480 e. The van der Waals surface area contributed by atoms with Gasteiger partial charge in [-0.05, 0) is 47.9 Å². The van der Waals surface area contributed by atoms with Gasteiger partial charge in [0.15, 0.2) is 5.54 Å². The molecule has 3 aromatic rings. The molecule has 0 saturated carbocycles. The fourth-order valence-electron chi connectivity index (χ4n) is 5.44. The first-order valence-corrected chi connectivity index (χ1v) is 12.8. The lowest BCUT2D eigenvalue weighted by atomic mass is 9.79. The Morgan fingerprint density at radius 3 is 2.33 bits per heavy atom. The van der Waals surface area contributed by atoms with Crippen LogP contribution in [-0.2, 0) is 31.9 Å². The van der Waals surface area contributed by atoms with E-state index in [0.717, 1.165) is 22.6 Å². The second-order valence-corrected chi connectivity index (χ2v) is 10.4. The minimum atomic E-state index is -4.58. The molecule has 40 heavy (non-hydrogen) atoms. The van der Waals surface area contributed by atoms with Crippen LogP contribution in [0.1, 0.15) is 28.3 Å². The van der Waals surface area contributed by atoms with Crippen molar-refractivity contribution in [3.63, 3.8) is 0 Å². The number of rotatable bonds is 7. The average molecular weight is 573 g/mol. The zero-order chi connectivity index (χ0) is 28.8. The number of hydrogen-bond acceptors (Lipinski definition) is 5. The van der Waals surface area contributed by atoms with Gasteiger partial charge in [-0.3, -0.25) is 19.7 Å². The maximum Gasteiger partial charge on any atom is 0.416 e. The number of nitrogens with one attached hydrogen (secondary N) is 1. The minimum absolute atomic E-state index is 0.0410. The highest BCUT2D eigenvalue weighted by molar-refractivity contribution is 6.32. The summed E-state index contributed by atoms with van der Waals surface area (Å²) < 4.78 is 45.4. The first kappa shape index (κ1) is 27.8. The highest BCUT2D eigenvalue weighted by atomic mass is 35.5. The number of carboxylic acids is 1. The molecule has 5 rings (SSSR count). The van der Waals surface area contributed by atoms with E-state index in [0.29, 0.717) is 10.6 Å². The Kier molecular flexibility index (Phi) is 7.20. The van der Waals surface area contributed by atoms with Gasteiger partial charge in [-0.2, -0.15) is 13.2 Å². The van der Waals surface area contributed by atoms with Crippen molar-refractivity contribution in [1.82, 2.24) is 5.32 Å². The predicted molar refractivity (Wildman–Crippen MR) is 139 cm³/mol. The Labute approximate surface area is 232 Å². The third-order valence-electron chi connectivity index (χ3n) is 7.49. The number of aryl methyl sites for hydroxylation is 1. The Morgan fingerprint density at radius 2 is 1.73 bits per heavy atom. The number of amides is 2. The average Bonchev–Trinajstić information content (AvgIpc) is 3.40. The highest BCUT2D eigenvalue weighted by Gasteiger charge is 2.69. The number of ether oxygens (including phenoxy) is 1. The van der Waals surface area contributed by atoms with Crippen molar-refractivity contribution in [2.24, 2.45) is 11.8 Å². The van der Waals surface area contributed by atoms with Crippen molar-refractivity contribution in [3.8, 4) is 0 Å². The summed E-state index contributed by atoms with van der Waals surface area (Å²) in [5.74, 6) is -5.49. The van der Waals surface area contributed by atoms with Crippen LogP contribution in [0.2, 0.25) is 5.02 Å². The van der Waals surface area contributed by atoms with Gasteiger partial charge < -0.3 is 9.84 Å². The molecule has 2 aliphatic heterocycles. The molecule has 208 valence electrons. The number of aliphatic carboxylic acids is 1. The van der Waals surface area contributed by atoms with E-state index in [1.807, 2.05) is 6.07 Å². The first-order valence-electron chi connectivity index (χ1n) is 12.4. The van der Waals surface area contributed by atoms with E-state index in [9.17, 15) is 32.7 Å². The lowest BCUT2D eigenvalue weighted by Crippen LogP contribution is -2.59. The smallest absolute Gasteiger partial charge is 0.416 e. The number of fused-ring (bicyclic) bond motifs is 1. The summed E-state index contributed by atoms with van der Waals surface area (Å²) in [7, 11) is 0. The summed E-state index contributed by atoms with van der Waals surface area (Å²) in [6, 6.07) is 16.6. The summed E-state index contributed by atoms with van der Waals surface area (Å²) in [5, 5.41) is 13.7. The van der Waals surface area contributed by atoms with Crippen LogP contribution < -0.4 is 10.2 Å². The number of nitrogens with zero attached hydrogens (tertiary/aromatic N) is 1. The molecule has 2 aliphatic rings. The number of anilines is 1. The van der Waals surface area contributed by atoms with Crippen LogP contribution in [0.4, 0.5) is 18.9 Å². The molecule has 2 saturated heterocycles. The molecule has 11 heteroatoms. The van der Waals surface area contributed by atoms with Gasteiger partial charge in [0, 0.05) is 11.1 Å². The molecule has 2 N–H and O–H groups in total. The summed E-state index contributed by atoms with van der Waals surface area (Å²) in [6.45, 7) is 1.31. The number of imide groups is 1. The van der Waals surface area contributed by atoms with Gasteiger partial charge in [-0.15, -0.1) is 0 Å². The second kappa shape index (κ2) is 10.3. The van der Waals surface area contributed by atoms with Crippen LogP contribution in [0.3, 0.4) is 0 Å². The molecule has 2 fully saturated rings. The molecule has 0 aromatic heterocycles. The molecular weight excluding hydrogens is 549 g/mol. The summed E-state index contributed by atoms with van der Waals surface area (Å²) in [6.07, 6.45) is -4.58. The quantitative estimate of drug-likeness (QED) is 0.380. The standard InChI is InChI=1S/C29H24ClF3N2O5/c1-16-7-12-20(13-21(16)30)35-25(36)22-23(26(35)37)28(27(38)39,15-40-14-17-5-3-2-4-6-17)34-24(22)18-8-10-19(11-9-18)29(31,32)33/h2-13,22-24,34H,14-15H2,1H3,(H,38,39). The van der Waals surface area contributed by atoms with Crippen molar-refractivity contribution in [1.29, 1.82) is 0 Å². The molecule has 0 spiro atoms. The summed E-state index contributed by atoms with van der Waals surface area (Å²) >= 11 is 6.25. The van der Waals surface area contributed by atoms with E-state index in [2.05, 4.69) is 5.32 Å². The topological polar surface area (TPSA) is 95.9 Å². The summed E-state index contributed by atoms with van der Waals surface area (Å²) in [4.78, 5) is 41.5. The zero-order valence-corrected chi connectivity index (χ0v) is 21.9. The molecule has 4 unspecified atom stereocenters. The molecule has 0 bridgehead atoms. The van der Waals surface area contributed by atoms with Gasteiger partial charge in [0.2, 0.25) is 11.8 Å². The second-order valence-electron chi connectivity index (χ2n) is 9.95. The van der Waals surface area contributed by atoms with Crippen molar-refractivity contribution in [2.45, 2.75) is 31.3 Å². The maximum absolute atomic E-state index is 13.9. The lowest BCUT2D eigenvalue weighted by molar-refractivity contribution is -0.152. The third-order valence-corrected chi connectivity index (χ3v) is 7.90. The number of benzene rings is 3. The number of halogens is 4. The van der Waals surface area contributed by atoms with Gasteiger partial charge >= 0.3 is 12.1 Å². The Bertz CT molecular complexity index is 1460. The highest BCUT2D eigenvalue weighted by Crippen LogP contribution is 2.50. The van der Waals surface area contributed by atoms with Crippen molar-refractivity contribution < 1.29 is 37.4 Å². The number of carbonyl (C=O) groups is 3. The normalized spacial score (nSPS) is 24.4. The zero-order valence-electron chi connectivity index (χ0n) is 21.1. The molecule has 4 atom stereocenters. The van der Waals surface area contributed by atoms with Gasteiger partial charge in [0.1, 0.15) is 0 Å². The van der Waals surface area contributed by atoms with Crippen LogP contribution in [0.15, 0.2) is 72.8 Å². The molecule has 7 nitrogen and oxygen atoms in total. The molecule has 0 radical (unpaired) electrons. The van der Waals surface area contributed by atoms with Crippen LogP contribution in [0.25, 0.3) is 0 Å². The molecule has 0 aliphatic carbocycles. The lowest BCUT2D eigenvalue weighted by Gasteiger charge is -2.31.